The lowest BCUT2D eigenvalue weighted by atomic mass is 9.95. The summed E-state index contributed by atoms with van der Waals surface area (Å²) in [6.07, 6.45) is -0.844. The molecule has 4 fully saturated rings. The van der Waals surface area contributed by atoms with Gasteiger partial charge in [-0.2, -0.15) is 13.2 Å². The number of fused-ring (bicyclic) bond motifs is 5. The second kappa shape index (κ2) is 10.7. The zero-order chi connectivity index (χ0) is 27.8. The molecule has 0 spiro atoms. The van der Waals surface area contributed by atoms with E-state index < -0.39 is 48.1 Å². The number of nitrogens with one attached hydrogen (secondary N) is 3. The highest BCUT2D eigenvalue weighted by Gasteiger charge is 2.69. The number of amides is 4. The first-order valence-electron chi connectivity index (χ1n) is 13.5. The largest absolute Gasteiger partial charge is 0.471 e. The Hall–Kier alpha value is -2.84. The molecule has 12 heteroatoms. The van der Waals surface area contributed by atoms with Gasteiger partial charge in [-0.25, -0.2) is 6.57 Å². The number of hydrogen-bond donors (Lipinski definition) is 3. The summed E-state index contributed by atoms with van der Waals surface area (Å²) in [4.78, 5) is 56.1. The molecule has 0 aromatic heterocycles. The topological polar surface area (TPSA) is 112 Å². The van der Waals surface area contributed by atoms with E-state index in [9.17, 15) is 32.3 Å². The molecule has 0 unspecified atom stereocenters. The quantitative estimate of drug-likeness (QED) is 0.445. The molecule has 0 aromatic carbocycles. The molecule has 3 heterocycles. The number of alkyl halides is 3. The van der Waals surface area contributed by atoms with Crippen LogP contribution in [0.5, 0.6) is 0 Å². The highest BCUT2D eigenvalue weighted by atomic mass is 19.4. The molecule has 9 nitrogen and oxygen atoms in total. The second-order valence-corrected chi connectivity index (χ2v) is 11.8. The van der Waals surface area contributed by atoms with Gasteiger partial charge in [0, 0.05) is 18.5 Å². The molecule has 38 heavy (non-hydrogen) atoms. The van der Waals surface area contributed by atoms with Gasteiger partial charge in [0.2, 0.25) is 17.7 Å². The van der Waals surface area contributed by atoms with Gasteiger partial charge in [0.25, 0.3) is 6.17 Å². The Labute approximate surface area is 220 Å². The Morgan fingerprint density at radius 2 is 1.68 bits per heavy atom. The zero-order valence-electron chi connectivity index (χ0n) is 21.8. The predicted octanol–water partition coefficient (Wildman–Crippen LogP) is 2.52. The fraction of sp³-hybridized carbons (Fsp3) is 0.808. The van der Waals surface area contributed by atoms with Gasteiger partial charge in [0.15, 0.2) is 0 Å². The van der Waals surface area contributed by atoms with Crippen molar-refractivity contribution < 1.29 is 32.3 Å². The minimum Gasteiger partial charge on any atom is -0.353 e. The summed E-state index contributed by atoms with van der Waals surface area (Å²) in [5.74, 6) is -4.17. The molecule has 0 aromatic rings. The molecule has 3 N–H and O–H groups in total. The fourth-order valence-corrected chi connectivity index (χ4v) is 6.67. The van der Waals surface area contributed by atoms with Crippen molar-refractivity contribution in [2.75, 3.05) is 6.54 Å². The van der Waals surface area contributed by atoms with Gasteiger partial charge in [-0.1, -0.05) is 46.0 Å². The molecule has 1 aliphatic carbocycles. The first kappa shape index (κ1) is 28.2. The summed E-state index contributed by atoms with van der Waals surface area (Å²) in [6.45, 7) is 11.7. The van der Waals surface area contributed by atoms with Crippen molar-refractivity contribution in [3.63, 3.8) is 0 Å². The number of halogens is 3. The number of carbonyl (C=O) groups excluding carboxylic acids is 4. The second-order valence-electron chi connectivity index (χ2n) is 11.8. The summed E-state index contributed by atoms with van der Waals surface area (Å²) < 4.78 is 39.2. The van der Waals surface area contributed by atoms with Crippen LogP contribution in [0, 0.1) is 29.7 Å². The maximum atomic E-state index is 13.6. The summed E-state index contributed by atoms with van der Waals surface area (Å²) >= 11 is 0. The molecule has 4 rings (SSSR count). The highest BCUT2D eigenvalue weighted by molar-refractivity contribution is 5.94. The van der Waals surface area contributed by atoms with Gasteiger partial charge in [-0.05, 0) is 36.5 Å². The van der Waals surface area contributed by atoms with E-state index in [4.69, 9.17) is 6.57 Å². The zero-order valence-corrected chi connectivity index (χ0v) is 21.8. The van der Waals surface area contributed by atoms with Crippen LogP contribution in [0.4, 0.5) is 13.2 Å². The molecule has 210 valence electrons. The van der Waals surface area contributed by atoms with Crippen LogP contribution in [0.3, 0.4) is 0 Å². The monoisotopic (exact) mass is 539 g/mol. The first-order valence-corrected chi connectivity index (χ1v) is 13.5. The molecule has 0 radical (unpaired) electrons. The van der Waals surface area contributed by atoms with Crippen molar-refractivity contribution >= 4 is 23.6 Å². The predicted molar refractivity (Wildman–Crippen MR) is 130 cm³/mol. The van der Waals surface area contributed by atoms with E-state index in [2.05, 4.69) is 15.5 Å². The van der Waals surface area contributed by atoms with Crippen LogP contribution in [0.25, 0.3) is 4.85 Å². The maximum absolute atomic E-state index is 13.6. The molecule has 7 atom stereocenters. The Balaban J connectivity index is 1.57. The van der Waals surface area contributed by atoms with Gasteiger partial charge in [-0.15, -0.1) is 0 Å². The third-order valence-electron chi connectivity index (χ3n) is 8.93. The van der Waals surface area contributed by atoms with E-state index in [0.717, 1.165) is 25.7 Å². The highest BCUT2D eigenvalue weighted by Crippen LogP contribution is 2.65. The van der Waals surface area contributed by atoms with Crippen LogP contribution < -0.4 is 16.0 Å². The average molecular weight is 540 g/mol. The van der Waals surface area contributed by atoms with E-state index in [1.54, 1.807) is 0 Å². The fourth-order valence-electron chi connectivity index (χ4n) is 6.67. The number of rotatable bonds is 1. The molecular weight excluding hydrogens is 503 g/mol. The van der Waals surface area contributed by atoms with Crippen LogP contribution in [0.15, 0.2) is 0 Å². The van der Waals surface area contributed by atoms with E-state index in [0.29, 0.717) is 19.3 Å². The number of nitrogens with zero attached hydrogens (tertiary/aromatic N) is 2. The van der Waals surface area contributed by atoms with Gasteiger partial charge in [0.05, 0.1) is 6.42 Å². The van der Waals surface area contributed by atoms with Crippen molar-refractivity contribution in [2.24, 2.45) is 23.2 Å². The molecule has 2 bridgehead atoms. The Bertz CT molecular complexity index is 1010. The first-order chi connectivity index (χ1) is 17.8. The summed E-state index contributed by atoms with van der Waals surface area (Å²) in [5, 5.41) is 7.57. The lowest BCUT2D eigenvalue weighted by Gasteiger charge is -2.33. The molecule has 4 aliphatic rings. The van der Waals surface area contributed by atoms with Crippen molar-refractivity contribution in [1.82, 2.24) is 20.9 Å². The van der Waals surface area contributed by atoms with Crippen molar-refractivity contribution in [3.05, 3.63) is 11.4 Å². The van der Waals surface area contributed by atoms with E-state index in [1.165, 1.54) is 4.90 Å². The average Bonchev–Trinajstić information content (AvgIpc) is 3.16. The summed E-state index contributed by atoms with van der Waals surface area (Å²) in [7, 11) is 0. The Morgan fingerprint density at radius 1 is 1.03 bits per heavy atom. The molecule has 1 saturated carbocycles. The van der Waals surface area contributed by atoms with Gasteiger partial charge >= 0.3 is 12.1 Å². The van der Waals surface area contributed by atoms with Crippen LogP contribution in [0.2, 0.25) is 0 Å². The van der Waals surface area contributed by atoms with Crippen molar-refractivity contribution in [3.8, 4) is 0 Å². The summed E-state index contributed by atoms with van der Waals surface area (Å²) in [6, 6.07) is -2.33. The van der Waals surface area contributed by atoms with E-state index >= 15 is 0 Å². The molecular formula is C26H36F3N5O4. The van der Waals surface area contributed by atoms with E-state index in [1.807, 2.05) is 19.2 Å². The van der Waals surface area contributed by atoms with Crippen LogP contribution in [-0.2, 0) is 19.2 Å². The smallest absolute Gasteiger partial charge is 0.353 e. The summed E-state index contributed by atoms with van der Waals surface area (Å²) in [5.41, 5.74) is -0.243. The number of hydrogen-bond acceptors (Lipinski definition) is 4. The third-order valence-corrected chi connectivity index (χ3v) is 8.93. The van der Waals surface area contributed by atoms with Crippen LogP contribution in [-0.4, -0.2) is 65.5 Å². The van der Waals surface area contributed by atoms with Gasteiger partial charge in [-0.3, -0.25) is 29.3 Å². The van der Waals surface area contributed by atoms with E-state index in [-0.39, 0.29) is 48.6 Å². The van der Waals surface area contributed by atoms with Gasteiger partial charge < -0.3 is 15.5 Å². The molecule has 4 amide bonds. The Kier molecular flexibility index (Phi) is 7.96. The van der Waals surface area contributed by atoms with Crippen LogP contribution in [0.1, 0.15) is 71.6 Å². The third kappa shape index (κ3) is 5.76. The standard InChI is InChI=1S/C26H36F3N5O4/c1-25(2)16-13-34-20(19(16)25)22(36)33-18(30-3)12-14-11-15(31-21(14)35)9-7-5-4-6-8-10-17(23(34)37)32-24(38)26(27,28)29/h14-20H,4-13H2,1-2H3,(H,31,35)(H,32,38)(H,33,36)/t14-,15-,16+,17+,18+,19+,20+/m1/s1. The SMILES string of the molecule is [C-]#[N+][C@@H]1C[C@H]2C[C@@H](CCCCCCC[C@H](NC(=O)C(F)(F)F)C(=O)N3C[C@H]4[C@@H]([C@H]3C(=O)N1)C4(C)C)NC2=O. The minimum absolute atomic E-state index is 0.0111. The Morgan fingerprint density at radius 3 is 2.34 bits per heavy atom. The number of carbonyl (C=O) groups is 4. The lowest BCUT2D eigenvalue weighted by Crippen LogP contribution is -2.57. The van der Waals surface area contributed by atoms with Crippen molar-refractivity contribution in [2.45, 2.75) is 102 Å². The van der Waals surface area contributed by atoms with Gasteiger partial charge in [0.1, 0.15) is 12.1 Å². The van der Waals surface area contributed by atoms with Crippen LogP contribution >= 0.6 is 0 Å². The lowest BCUT2D eigenvalue weighted by molar-refractivity contribution is -0.175. The maximum Gasteiger partial charge on any atom is 0.471 e. The van der Waals surface area contributed by atoms with Crippen molar-refractivity contribution in [1.29, 1.82) is 0 Å². The molecule has 3 saturated heterocycles. The minimum atomic E-state index is -5.13. The number of piperidine rings is 1. The molecule has 3 aliphatic heterocycles. The normalized spacial score (nSPS) is 36.1.